The molecule has 106 valence electrons. The monoisotopic (exact) mass is 350 g/mol. The lowest BCUT2D eigenvalue weighted by molar-refractivity contribution is -0.140. The molecule has 0 amide bonds. The van der Waals surface area contributed by atoms with Crippen molar-refractivity contribution >= 4 is 21.6 Å². The molecule has 0 saturated carbocycles. The zero-order chi connectivity index (χ0) is 14.9. The molecule has 2 aromatic rings. The highest BCUT2D eigenvalue weighted by Gasteiger charge is 2.34. The third-order valence-electron chi connectivity index (χ3n) is 2.30. The number of rotatable bonds is 2. The van der Waals surface area contributed by atoms with Crippen LogP contribution in [0.3, 0.4) is 0 Å². The van der Waals surface area contributed by atoms with Crippen molar-refractivity contribution < 1.29 is 22.3 Å². The van der Waals surface area contributed by atoms with E-state index >= 15 is 0 Å². The Labute approximate surface area is 119 Å². The van der Waals surface area contributed by atoms with Crippen molar-refractivity contribution in [2.45, 2.75) is 6.18 Å². The normalized spacial score (nSPS) is 11.4. The summed E-state index contributed by atoms with van der Waals surface area (Å²) >= 11 is 3.13. The van der Waals surface area contributed by atoms with Gasteiger partial charge in [0, 0.05) is 10.7 Å². The fourth-order valence-corrected chi connectivity index (χ4v) is 1.77. The molecule has 0 atom stereocenters. The van der Waals surface area contributed by atoms with Gasteiger partial charge >= 0.3 is 6.18 Å². The second-order valence-electron chi connectivity index (χ2n) is 3.79. The molecular weight excluding hydrogens is 344 g/mol. The zero-order valence-electron chi connectivity index (χ0n) is 9.71. The van der Waals surface area contributed by atoms with Crippen LogP contribution in [0.1, 0.15) is 5.56 Å². The Morgan fingerprint density at radius 3 is 2.50 bits per heavy atom. The van der Waals surface area contributed by atoms with Crippen LogP contribution in [0.2, 0.25) is 0 Å². The number of nitrogens with zero attached hydrogens (tertiary/aromatic N) is 1. The van der Waals surface area contributed by atoms with Crippen LogP contribution in [0.5, 0.6) is 11.6 Å². The summed E-state index contributed by atoms with van der Waals surface area (Å²) < 4.78 is 56.5. The van der Waals surface area contributed by atoms with Gasteiger partial charge in [-0.2, -0.15) is 13.2 Å². The van der Waals surface area contributed by atoms with Crippen molar-refractivity contribution in [3.05, 3.63) is 46.3 Å². The SMILES string of the molecule is Nc1cc(Br)cnc1Oc1ccc(F)c(C(F)(F)F)c1. The Hall–Kier alpha value is -1.83. The van der Waals surface area contributed by atoms with Crippen molar-refractivity contribution in [2.75, 3.05) is 5.73 Å². The first kappa shape index (κ1) is 14.6. The lowest BCUT2D eigenvalue weighted by atomic mass is 10.2. The molecular formula is C12H7BrF4N2O. The fourth-order valence-electron chi connectivity index (χ4n) is 1.42. The third kappa shape index (κ3) is 3.19. The number of halogens is 5. The van der Waals surface area contributed by atoms with E-state index < -0.39 is 17.6 Å². The number of hydrogen-bond acceptors (Lipinski definition) is 3. The molecule has 1 aromatic heterocycles. The summed E-state index contributed by atoms with van der Waals surface area (Å²) in [5, 5.41) is 0. The highest BCUT2D eigenvalue weighted by molar-refractivity contribution is 9.10. The smallest absolute Gasteiger partial charge is 0.419 e. The summed E-state index contributed by atoms with van der Waals surface area (Å²) in [4.78, 5) is 3.82. The van der Waals surface area contributed by atoms with E-state index in [-0.39, 0.29) is 17.3 Å². The molecule has 0 spiro atoms. The van der Waals surface area contributed by atoms with E-state index in [9.17, 15) is 17.6 Å². The first-order chi connectivity index (χ1) is 9.27. The average molecular weight is 351 g/mol. The topological polar surface area (TPSA) is 48.1 Å². The maximum Gasteiger partial charge on any atom is 0.419 e. The van der Waals surface area contributed by atoms with Gasteiger partial charge in [-0.3, -0.25) is 0 Å². The lowest BCUT2D eigenvalue weighted by Gasteiger charge is -2.11. The van der Waals surface area contributed by atoms with Crippen LogP contribution in [-0.4, -0.2) is 4.98 Å². The highest BCUT2D eigenvalue weighted by Crippen LogP contribution is 2.35. The summed E-state index contributed by atoms with van der Waals surface area (Å²) in [7, 11) is 0. The summed E-state index contributed by atoms with van der Waals surface area (Å²) in [6.07, 6.45) is -3.43. The van der Waals surface area contributed by atoms with Crippen LogP contribution >= 0.6 is 15.9 Å². The molecule has 3 nitrogen and oxygen atoms in total. The second-order valence-corrected chi connectivity index (χ2v) is 4.71. The van der Waals surface area contributed by atoms with Crippen LogP contribution in [0.4, 0.5) is 23.2 Å². The number of aromatic nitrogens is 1. The van der Waals surface area contributed by atoms with Crippen LogP contribution in [0, 0.1) is 5.82 Å². The molecule has 8 heteroatoms. The number of pyridine rings is 1. The van der Waals surface area contributed by atoms with Crippen LogP contribution in [0.25, 0.3) is 0 Å². The van der Waals surface area contributed by atoms with Crippen molar-refractivity contribution in [3.63, 3.8) is 0 Å². The highest BCUT2D eigenvalue weighted by atomic mass is 79.9. The number of nitrogens with two attached hydrogens (primary N) is 1. The summed E-state index contributed by atoms with van der Waals surface area (Å²) in [6, 6.07) is 3.77. The van der Waals surface area contributed by atoms with Crippen molar-refractivity contribution in [1.82, 2.24) is 4.98 Å². The fraction of sp³-hybridized carbons (Fsp3) is 0.0833. The van der Waals surface area contributed by atoms with E-state index in [0.717, 1.165) is 6.07 Å². The lowest BCUT2D eigenvalue weighted by Crippen LogP contribution is -2.08. The number of ether oxygens (including phenoxy) is 1. The second kappa shape index (κ2) is 5.28. The number of anilines is 1. The van der Waals surface area contributed by atoms with Gasteiger partial charge in [-0.1, -0.05) is 0 Å². The molecule has 0 fully saturated rings. The molecule has 1 heterocycles. The van der Waals surface area contributed by atoms with Crippen LogP contribution < -0.4 is 10.5 Å². The van der Waals surface area contributed by atoms with Gasteiger partial charge in [0.1, 0.15) is 11.6 Å². The van der Waals surface area contributed by atoms with E-state index in [4.69, 9.17) is 10.5 Å². The van der Waals surface area contributed by atoms with Gasteiger partial charge < -0.3 is 10.5 Å². The maximum atomic E-state index is 13.1. The molecule has 20 heavy (non-hydrogen) atoms. The molecule has 0 radical (unpaired) electrons. The standard InChI is InChI=1S/C12H7BrF4N2O/c13-6-3-10(18)11(19-5-6)20-7-1-2-9(14)8(4-7)12(15,16)17/h1-5H,18H2. The van der Waals surface area contributed by atoms with E-state index in [0.29, 0.717) is 16.6 Å². The molecule has 0 unspecified atom stereocenters. The van der Waals surface area contributed by atoms with Crippen molar-refractivity contribution in [3.8, 4) is 11.6 Å². The van der Waals surface area contributed by atoms with E-state index in [1.165, 1.54) is 12.3 Å². The van der Waals surface area contributed by atoms with E-state index in [1.807, 2.05) is 0 Å². The van der Waals surface area contributed by atoms with Gasteiger partial charge in [0.15, 0.2) is 0 Å². The molecule has 2 rings (SSSR count). The minimum atomic E-state index is -4.80. The molecule has 0 bridgehead atoms. The summed E-state index contributed by atoms with van der Waals surface area (Å²) in [5.74, 6) is -1.64. The zero-order valence-corrected chi connectivity index (χ0v) is 11.3. The Morgan fingerprint density at radius 1 is 1.20 bits per heavy atom. The number of hydrogen-bond donors (Lipinski definition) is 1. The van der Waals surface area contributed by atoms with Gasteiger partial charge in [-0.15, -0.1) is 0 Å². The van der Waals surface area contributed by atoms with Crippen molar-refractivity contribution in [2.24, 2.45) is 0 Å². The minimum Gasteiger partial charge on any atom is -0.437 e. The Balaban J connectivity index is 2.35. The largest absolute Gasteiger partial charge is 0.437 e. The first-order valence-electron chi connectivity index (χ1n) is 5.23. The quantitative estimate of drug-likeness (QED) is 0.817. The Morgan fingerprint density at radius 2 is 1.90 bits per heavy atom. The van der Waals surface area contributed by atoms with Gasteiger partial charge in [-0.05, 0) is 40.2 Å². The summed E-state index contributed by atoms with van der Waals surface area (Å²) in [6.45, 7) is 0. The Kier molecular flexibility index (Phi) is 3.85. The van der Waals surface area contributed by atoms with Crippen LogP contribution in [-0.2, 0) is 6.18 Å². The predicted molar refractivity (Wildman–Crippen MR) is 67.8 cm³/mol. The number of nitrogen functional groups attached to an aromatic ring is 1. The third-order valence-corrected chi connectivity index (χ3v) is 2.74. The number of alkyl halides is 3. The van der Waals surface area contributed by atoms with Crippen LogP contribution in [0.15, 0.2) is 34.9 Å². The average Bonchev–Trinajstić information content (AvgIpc) is 2.33. The van der Waals surface area contributed by atoms with Gasteiger partial charge in [0.25, 0.3) is 0 Å². The van der Waals surface area contributed by atoms with Gasteiger partial charge in [-0.25, -0.2) is 9.37 Å². The maximum absolute atomic E-state index is 13.1. The molecule has 2 N–H and O–H groups in total. The Bertz CT molecular complexity index is 646. The number of benzene rings is 1. The molecule has 0 aliphatic carbocycles. The summed E-state index contributed by atoms with van der Waals surface area (Å²) in [5.41, 5.74) is 4.33. The minimum absolute atomic E-state index is 0.0621. The molecule has 1 aromatic carbocycles. The first-order valence-corrected chi connectivity index (χ1v) is 6.02. The molecule has 0 saturated heterocycles. The molecule has 0 aliphatic rings. The van der Waals surface area contributed by atoms with E-state index in [1.54, 1.807) is 0 Å². The molecule has 0 aliphatic heterocycles. The van der Waals surface area contributed by atoms with E-state index in [2.05, 4.69) is 20.9 Å². The van der Waals surface area contributed by atoms with Gasteiger partial charge in [0.2, 0.25) is 5.88 Å². The predicted octanol–water partition coefficient (Wildman–Crippen LogP) is 4.38. The van der Waals surface area contributed by atoms with Gasteiger partial charge in [0.05, 0.1) is 11.3 Å². The van der Waals surface area contributed by atoms with Crippen molar-refractivity contribution in [1.29, 1.82) is 0 Å².